The molecule has 0 spiro atoms. The number of primary amides is 1. The molecule has 0 radical (unpaired) electrons. The van der Waals surface area contributed by atoms with Crippen molar-refractivity contribution in [2.24, 2.45) is 11.7 Å². The fourth-order valence-corrected chi connectivity index (χ4v) is 4.71. The number of carbonyl (C=O) groups excluding carboxylic acids is 2. The molecule has 0 aliphatic carbocycles. The van der Waals surface area contributed by atoms with Crippen molar-refractivity contribution in [2.75, 3.05) is 25.1 Å². The second-order valence-corrected chi connectivity index (χ2v) is 8.99. The van der Waals surface area contributed by atoms with E-state index in [2.05, 4.69) is 5.43 Å². The van der Waals surface area contributed by atoms with Crippen molar-refractivity contribution < 1.29 is 27.5 Å². The fourth-order valence-electron chi connectivity index (χ4n) is 4.71. The third kappa shape index (κ3) is 5.16. The number of aromatic nitrogens is 2. The molecular weight excluding hydrogens is 487 g/mol. The van der Waals surface area contributed by atoms with Gasteiger partial charge in [-0.25, -0.2) is 9.66 Å². The average Bonchev–Trinajstić information content (AvgIpc) is 3.23. The molecule has 2 amide bonds. The van der Waals surface area contributed by atoms with Crippen LogP contribution < -0.4 is 15.9 Å². The monoisotopic (exact) mass is 511 g/mol. The van der Waals surface area contributed by atoms with Crippen LogP contribution >= 0.6 is 0 Å². The van der Waals surface area contributed by atoms with Gasteiger partial charge in [0.2, 0.25) is 5.91 Å². The Labute approximate surface area is 210 Å². The van der Waals surface area contributed by atoms with E-state index in [1.165, 1.54) is 4.90 Å². The molecule has 0 bridgehead atoms. The molecule has 2 aromatic carbocycles. The summed E-state index contributed by atoms with van der Waals surface area (Å²) in [6, 6.07) is 16.5. The van der Waals surface area contributed by atoms with Crippen molar-refractivity contribution in [3.8, 4) is 22.8 Å². The van der Waals surface area contributed by atoms with Crippen molar-refractivity contribution in [3.63, 3.8) is 0 Å². The highest BCUT2D eigenvalue weighted by Crippen LogP contribution is 2.38. The van der Waals surface area contributed by atoms with Crippen molar-refractivity contribution in [1.82, 2.24) is 14.6 Å². The number of benzene rings is 2. The Morgan fingerprint density at radius 2 is 1.73 bits per heavy atom. The van der Waals surface area contributed by atoms with Gasteiger partial charge in [-0.15, -0.1) is 0 Å². The third-order valence-electron chi connectivity index (χ3n) is 6.51. The second-order valence-electron chi connectivity index (χ2n) is 8.99. The van der Waals surface area contributed by atoms with Crippen molar-refractivity contribution in [3.05, 3.63) is 78.3 Å². The maximum Gasteiger partial charge on any atom is 0.409 e. The van der Waals surface area contributed by atoms with Gasteiger partial charge < -0.3 is 20.8 Å². The smallest absolute Gasteiger partial charge is 0.409 e. The van der Waals surface area contributed by atoms with E-state index in [0.29, 0.717) is 60.7 Å². The maximum atomic E-state index is 12.4. The molecule has 5 rings (SSSR count). The summed E-state index contributed by atoms with van der Waals surface area (Å²) in [5, 5.41) is 0. The molecule has 3 N–H and O–H groups in total. The first-order valence-corrected chi connectivity index (χ1v) is 11.7. The van der Waals surface area contributed by atoms with Crippen LogP contribution in [0.4, 0.5) is 13.2 Å². The maximum absolute atomic E-state index is 12.4. The Balaban J connectivity index is 1.36. The third-order valence-corrected chi connectivity index (χ3v) is 6.51. The van der Waals surface area contributed by atoms with Gasteiger partial charge in [0.15, 0.2) is 5.69 Å². The zero-order valence-corrected chi connectivity index (χ0v) is 19.6. The number of hydrogen-bond donors (Lipinski definition) is 2. The number of carbonyl (C=O) groups is 2. The Bertz CT molecular complexity index is 1330. The Morgan fingerprint density at radius 1 is 1.05 bits per heavy atom. The summed E-state index contributed by atoms with van der Waals surface area (Å²) in [4.78, 5) is 30.6. The lowest BCUT2D eigenvalue weighted by molar-refractivity contribution is -0.133. The van der Waals surface area contributed by atoms with Gasteiger partial charge in [-0.1, -0.05) is 18.2 Å². The van der Waals surface area contributed by atoms with E-state index >= 15 is 0 Å². The lowest BCUT2D eigenvalue weighted by Crippen LogP contribution is -2.53. The average molecular weight is 512 g/mol. The largest absolute Gasteiger partial charge is 0.457 e. The number of nitrogens with one attached hydrogen (secondary N) is 1. The number of fused-ring (bicyclic) bond motifs is 1. The van der Waals surface area contributed by atoms with Crippen LogP contribution in [0.3, 0.4) is 0 Å². The molecule has 37 heavy (non-hydrogen) atoms. The van der Waals surface area contributed by atoms with E-state index in [1.807, 2.05) is 30.3 Å². The van der Waals surface area contributed by atoms with Gasteiger partial charge in [0.05, 0.1) is 0 Å². The molecule has 1 atom stereocenters. The SMILES string of the molecule is NC(=O)c1c(-c2ccc(Oc3ccccc3)cc2)nc2n1NCCC2C1CN(C(=O)/C=C/C(F)(F)F)C1. The van der Waals surface area contributed by atoms with Crippen LogP contribution in [0.2, 0.25) is 0 Å². The molecule has 192 valence electrons. The summed E-state index contributed by atoms with van der Waals surface area (Å²) < 4.78 is 44.6. The predicted octanol–water partition coefficient (Wildman–Crippen LogP) is 4.05. The molecular formula is C26H24F3N5O3. The van der Waals surface area contributed by atoms with Crippen LogP contribution in [0.25, 0.3) is 11.3 Å². The highest BCUT2D eigenvalue weighted by Gasteiger charge is 2.41. The van der Waals surface area contributed by atoms with Crippen LogP contribution in [0.5, 0.6) is 11.5 Å². The number of para-hydroxylation sites is 1. The lowest BCUT2D eigenvalue weighted by atomic mass is 9.82. The first-order chi connectivity index (χ1) is 17.7. The zero-order valence-electron chi connectivity index (χ0n) is 19.6. The minimum atomic E-state index is -4.53. The minimum Gasteiger partial charge on any atom is -0.457 e. The van der Waals surface area contributed by atoms with Crippen LogP contribution in [-0.4, -0.2) is 52.2 Å². The van der Waals surface area contributed by atoms with Gasteiger partial charge in [-0.3, -0.25) is 9.59 Å². The number of imidazole rings is 1. The second kappa shape index (κ2) is 9.64. The Morgan fingerprint density at radius 3 is 2.38 bits per heavy atom. The molecule has 11 heteroatoms. The predicted molar refractivity (Wildman–Crippen MR) is 130 cm³/mol. The van der Waals surface area contributed by atoms with Crippen LogP contribution in [-0.2, 0) is 4.79 Å². The summed E-state index contributed by atoms with van der Waals surface area (Å²) >= 11 is 0. The van der Waals surface area contributed by atoms with E-state index in [9.17, 15) is 22.8 Å². The number of hydrogen-bond acceptors (Lipinski definition) is 5. The van der Waals surface area contributed by atoms with Gasteiger partial charge in [0.25, 0.3) is 5.91 Å². The van der Waals surface area contributed by atoms with Crippen LogP contribution in [0.1, 0.15) is 28.7 Å². The van der Waals surface area contributed by atoms with E-state index in [0.717, 1.165) is 0 Å². The quantitative estimate of drug-likeness (QED) is 0.486. The number of ether oxygens (including phenoxy) is 1. The van der Waals surface area contributed by atoms with Crippen molar-refractivity contribution in [2.45, 2.75) is 18.5 Å². The standard InChI is InChI=1S/C26H24F3N5O3/c27-26(28,29)12-10-21(35)33-14-17(15-33)20-11-13-31-34-23(24(30)36)22(32-25(20)34)16-6-8-19(9-7-16)37-18-4-2-1-3-5-18/h1-10,12,17,20,31H,11,13-15H2,(H2,30,36)/b12-10+. The molecule has 3 heterocycles. The normalized spacial score (nSPS) is 17.7. The van der Waals surface area contributed by atoms with E-state index in [-0.39, 0.29) is 23.6 Å². The van der Waals surface area contributed by atoms with Gasteiger partial charge >= 0.3 is 6.18 Å². The first-order valence-electron chi connectivity index (χ1n) is 11.7. The lowest BCUT2D eigenvalue weighted by Gasteiger charge is -2.44. The fraction of sp³-hybridized carbons (Fsp3) is 0.269. The summed E-state index contributed by atoms with van der Waals surface area (Å²) in [6.45, 7) is 1.17. The molecule has 2 aliphatic heterocycles. The molecule has 0 saturated carbocycles. The van der Waals surface area contributed by atoms with E-state index < -0.39 is 18.0 Å². The number of alkyl halides is 3. The molecule has 8 nitrogen and oxygen atoms in total. The van der Waals surface area contributed by atoms with Gasteiger partial charge in [0, 0.05) is 49.2 Å². The van der Waals surface area contributed by atoms with Gasteiger partial charge in [-0.2, -0.15) is 13.2 Å². The molecule has 1 aromatic heterocycles. The first kappa shape index (κ1) is 24.4. The van der Waals surface area contributed by atoms with Crippen LogP contribution in [0.15, 0.2) is 66.7 Å². The number of nitrogens with two attached hydrogens (primary N) is 1. The molecule has 1 unspecified atom stereocenters. The summed E-state index contributed by atoms with van der Waals surface area (Å²) in [5.74, 6) is 0.513. The van der Waals surface area contributed by atoms with E-state index in [4.69, 9.17) is 15.5 Å². The van der Waals surface area contributed by atoms with Gasteiger partial charge in [-0.05, 0) is 42.8 Å². The summed E-state index contributed by atoms with van der Waals surface area (Å²) in [7, 11) is 0. The number of allylic oxidation sites excluding steroid dienone is 1. The number of likely N-dealkylation sites (tertiary alicyclic amines) is 1. The van der Waals surface area contributed by atoms with E-state index in [1.54, 1.807) is 28.9 Å². The Kier molecular flexibility index (Phi) is 6.36. The highest BCUT2D eigenvalue weighted by molar-refractivity contribution is 5.97. The van der Waals surface area contributed by atoms with Gasteiger partial charge in [0.1, 0.15) is 23.0 Å². The topological polar surface area (TPSA) is 102 Å². The zero-order chi connectivity index (χ0) is 26.2. The summed E-state index contributed by atoms with van der Waals surface area (Å²) in [6.07, 6.45) is -3.34. The Hall–Kier alpha value is -4.28. The highest BCUT2D eigenvalue weighted by atomic mass is 19.4. The molecule has 2 aliphatic rings. The molecule has 3 aromatic rings. The molecule has 1 fully saturated rings. The number of halogens is 3. The van der Waals surface area contributed by atoms with Crippen molar-refractivity contribution >= 4 is 11.8 Å². The number of rotatable bonds is 6. The minimum absolute atomic E-state index is 0.00158. The van der Waals surface area contributed by atoms with Crippen LogP contribution in [0, 0.1) is 5.92 Å². The van der Waals surface area contributed by atoms with Crippen molar-refractivity contribution in [1.29, 1.82) is 0 Å². The summed E-state index contributed by atoms with van der Waals surface area (Å²) in [5.41, 5.74) is 10.2. The number of nitrogens with zero attached hydrogens (tertiary/aromatic N) is 3. The number of amides is 2. The molecule has 1 saturated heterocycles.